The fraction of sp³-hybridized carbons (Fsp3) is 0.0714. The lowest BCUT2D eigenvalue weighted by atomic mass is 10.1. The van der Waals surface area contributed by atoms with E-state index in [0.717, 1.165) is 11.3 Å². The molecule has 2 aromatic carbocycles. The molecule has 79 valence electrons. The number of hydrogen-bond donors (Lipinski definition) is 1. The Morgan fingerprint density at radius 1 is 1.06 bits per heavy atom. The maximum absolute atomic E-state index is 11.8. The van der Waals surface area contributed by atoms with Gasteiger partial charge in [-0.2, -0.15) is 0 Å². The Morgan fingerprint density at radius 3 is 2.31 bits per heavy atom. The van der Waals surface area contributed by atoms with Crippen LogP contribution in [0.4, 0.5) is 5.69 Å². The average Bonchev–Trinajstić information content (AvgIpc) is 2.31. The topological polar surface area (TPSA) is 29.1 Å². The minimum Gasteiger partial charge on any atom is -0.322 e. The second kappa shape index (κ2) is 4.62. The smallest absolute Gasteiger partial charge is 0.255 e. The summed E-state index contributed by atoms with van der Waals surface area (Å²) in [6.45, 7) is 1.99. The zero-order valence-electron chi connectivity index (χ0n) is 9.03. The van der Waals surface area contributed by atoms with Crippen LogP contribution in [0.3, 0.4) is 0 Å². The van der Waals surface area contributed by atoms with E-state index in [1.807, 2.05) is 43.3 Å². The number of carbonyl (C=O) groups excluding carboxylic acids is 1. The van der Waals surface area contributed by atoms with Crippen LogP contribution in [0.1, 0.15) is 15.9 Å². The monoisotopic (exact) mass is 210 g/mol. The summed E-state index contributed by atoms with van der Waals surface area (Å²) in [5.74, 6) is -0.0915. The average molecular weight is 210 g/mol. The molecule has 0 aliphatic carbocycles. The Morgan fingerprint density at radius 2 is 1.69 bits per heavy atom. The molecule has 0 aliphatic rings. The van der Waals surface area contributed by atoms with E-state index in [1.165, 1.54) is 0 Å². The highest BCUT2D eigenvalue weighted by atomic mass is 16.1. The molecule has 16 heavy (non-hydrogen) atoms. The number of anilines is 1. The highest BCUT2D eigenvalue weighted by Crippen LogP contribution is 2.09. The number of benzene rings is 2. The molecular weight excluding hydrogens is 198 g/mol. The number of aryl methyl sites for hydroxylation is 1. The molecule has 0 saturated heterocycles. The largest absolute Gasteiger partial charge is 0.322 e. The quantitative estimate of drug-likeness (QED) is 0.811. The van der Waals surface area contributed by atoms with Gasteiger partial charge in [0.1, 0.15) is 0 Å². The SMILES string of the molecule is Cc1ccc(C(=O)Nc2cc[c]cc2)cc1. The Labute approximate surface area is 94.9 Å². The van der Waals surface area contributed by atoms with Crippen molar-refractivity contribution in [3.8, 4) is 0 Å². The van der Waals surface area contributed by atoms with Crippen LogP contribution in [-0.4, -0.2) is 5.91 Å². The fourth-order valence-corrected chi connectivity index (χ4v) is 1.38. The lowest BCUT2D eigenvalue weighted by Crippen LogP contribution is -2.11. The normalized spacial score (nSPS) is 9.81. The standard InChI is InChI=1S/C14H12NO/c1-11-7-9-12(10-8-11)14(16)15-13-5-3-2-4-6-13/h3-10H,1H3,(H,15,16). The maximum atomic E-state index is 11.8. The van der Waals surface area contributed by atoms with Crippen LogP contribution in [0.15, 0.2) is 48.5 Å². The molecular formula is C14H12NO. The first-order valence-electron chi connectivity index (χ1n) is 5.10. The van der Waals surface area contributed by atoms with Crippen molar-refractivity contribution >= 4 is 11.6 Å². The van der Waals surface area contributed by atoms with Gasteiger partial charge in [0.05, 0.1) is 0 Å². The molecule has 0 aliphatic heterocycles. The van der Waals surface area contributed by atoms with Crippen LogP contribution >= 0.6 is 0 Å². The van der Waals surface area contributed by atoms with Crippen molar-refractivity contribution in [1.29, 1.82) is 0 Å². The van der Waals surface area contributed by atoms with E-state index in [9.17, 15) is 4.79 Å². The molecule has 0 heterocycles. The molecule has 2 heteroatoms. The third-order valence-corrected chi connectivity index (χ3v) is 2.29. The molecule has 0 spiro atoms. The molecule has 0 unspecified atom stereocenters. The third-order valence-electron chi connectivity index (χ3n) is 2.29. The van der Waals surface area contributed by atoms with Gasteiger partial charge in [0.25, 0.3) is 5.91 Å². The minimum atomic E-state index is -0.0915. The van der Waals surface area contributed by atoms with Crippen molar-refractivity contribution in [3.63, 3.8) is 0 Å². The summed E-state index contributed by atoms with van der Waals surface area (Å²) in [5.41, 5.74) is 2.59. The van der Waals surface area contributed by atoms with Gasteiger partial charge < -0.3 is 5.32 Å². The third kappa shape index (κ3) is 2.48. The van der Waals surface area contributed by atoms with Gasteiger partial charge in [-0.25, -0.2) is 0 Å². The lowest BCUT2D eigenvalue weighted by molar-refractivity contribution is 0.102. The zero-order chi connectivity index (χ0) is 11.4. The minimum absolute atomic E-state index is 0.0915. The van der Waals surface area contributed by atoms with Crippen molar-refractivity contribution < 1.29 is 4.79 Å². The van der Waals surface area contributed by atoms with E-state index in [2.05, 4.69) is 11.4 Å². The lowest BCUT2D eigenvalue weighted by Gasteiger charge is -2.04. The number of rotatable bonds is 2. The molecule has 2 aromatic rings. The fourth-order valence-electron chi connectivity index (χ4n) is 1.38. The summed E-state index contributed by atoms with van der Waals surface area (Å²) >= 11 is 0. The first kappa shape index (κ1) is 10.4. The molecule has 1 radical (unpaired) electrons. The van der Waals surface area contributed by atoms with E-state index < -0.39 is 0 Å². The van der Waals surface area contributed by atoms with Crippen LogP contribution in [0, 0.1) is 13.0 Å². The summed E-state index contributed by atoms with van der Waals surface area (Å²) in [6.07, 6.45) is 0. The van der Waals surface area contributed by atoms with E-state index in [1.54, 1.807) is 12.1 Å². The Balaban J connectivity index is 2.12. The molecule has 1 amide bonds. The van der Waals surface area contributed by atoms with Crippen LogP contribution < -0.4 is 5.32 Å². The highest BCUT2D eigenvalue weighted by molar-refractivity contribution is 6.04. The highest BCUT2D eigenvalue weighted by Gasteiger charge is 2.04. The van der Waals surface area contributed by atoms with Crippen molar-refractivity contribution in [1.82, 2.24) is 0 Å². The van der Waals surface area contributed by atoms with Crippen LogP contribution in [0.2, 0.25) is 0 Å². The number of carbonyl (C=O) groups is 1. The first-order chi connectivity index (χ1) is 7.75. The predicted octanol–water partition coefficient (Wildman–Crippen LogP) is 3.05. The van der Waals surface area contributed by atoms with Crippen molar-refractivity contribution in [3.05, 3.63) is 65.7 Å². The van der Waals surface area contributed by atoms with Gasteiger partial charge in [-0.05, 0) is 37.3 Å². The number of amides is 1. The Kier molecular flexibility index (Phi) is 3.01. The van der Waals surface area contributed by atoms with E-state index >= 15 is 0 Å². The number of hydrogen-bond acceptors (Lipinski definition) is 1. The Bertz CT molecular complexity index is 474. The second-order valence-corrected chi connectivity index (χ2v) is 3.61. The van der Waals surface area contributed by atoms with Crippen LogP contribution in [0.25, 0.3) is 0 Å². The molecule has 0 saturated carbocycles. The summed E-state index contributed by atoms with van der Waals surface area (Å²) in [5, 5.41) is 2.82. The van der Waals surface area contributed by atoms with Gasteiger partial charge >= 0.3 is 0 Å². The zero-order valence-corrected chi connectivity index (χ0v) is 9.03. The molecule has 2 nitrogen and oxygen atoms in total. The molecule has 0 atom stereocenters. The van der Waals surface area contributed by atoms with Crippen molar-refractivity contribution in [2.45, 2.75) is 6.92 Å². The van der Waals surface area contributed by atoms with Gasteiger partial charge in [0, 0.05) is 11.3 Å². The molecule has 1 N–H and O–H groups in total. The second-order valence-electron chi connectivity index (χ2n) is 3.61. The predicted molar refractivity (Wildman–Crippen MR) is 64.4 cm³/mol. The molecule has 0 bridgehead atoms. The van der Waals surface area contributed by atoms with Crippen LogP contribution in [0.5, 0.6) is 0 Å². The Hall–Kier alpha value is -2.09. The van der Waals surface area contributed by atoms with Crippen LogP contribution in [-0.2, 0) is 0 Å². The van der Waals surface area contributed by atoms with Gasteiger partial charge in [-0.1, -0.05) is 29.8 Å². The van der Waals surface area contributed by atoms with Crippen molar-refractivity contribution in [2.24, 2.45) is 0 Å². The molecule has 2 rings (SSSR count). The summed E-state index contributed by atoms with van der Waals surface area (Å²) in [4.78, 5) is 11.8. The van der Waals surface area contributed by atoms with Gasteiger partial charge in [-0.3, -0.25) is 4.79 Å². The van der Waals surface area contributed by atoms with E-state index in [4.69, 9.17) is 0 Å². The first-order valence-corrected chi connectivity index (χ1v) is 5.10. The number of nitrogens with one attached hydrogen (secondary N) is 1. The van der Waals surface area contributed by atoms with E-state index in [0.29, 0.717) is 5.56 Å². The van der Waals surface area contributed by atoms with Crippen molar-refractivity contribution in [2.75, 3.05) is 5.32 Å². The van der Waals surface area contributed by atoms with E-state index in [-0.39, 0.29) is 5.91 Å². The van der Waals surface area contributed by atoms with Gasteiger partial charge in [0.15, 0.2) is 0 Å². The summed E-state index contributed by atoms with van der Waals surface area (Å²) in [6, 6.07) is 17.5. The molecule has 0 aromatic heterocycles. The summed E-state index contributed by atoms with van der Waals surface area (Å²) in [7, 11) is 0. The summed E-state index contributed by atoms with van der Waals surface area (Å²) < 4.78 is 0. The molecule has 0 fully saturated rings. The van der Waals surface area contributed by atoms with Gasteiger partial charge in [0.2, 0.25) is 0 Å². The van der Waals surface area contributed by atoms with Gasteiger partial charge in [-0.15, -0.1) is 0 Å². The maximum Gasteiger partial charge on any atom is 0.255 e.